The van der Waals surface area contributed by atoms with Crippen molar-refractivity contribution >= 4 is 11.8 Å². The number of rotatable bonds is 3. The van der Waals surface area contributed by atoms with Crippen LogP contribution in [0.4, 0.5) is 0 Å². The van der Waals surface area contributed by atoms with Gasteiger partial charge in [-0.3, -0.25) is 14.6 Å². The molecule has 0 saturated carbocycles. The van der Waals surface area contributed by atoms with Crippen molar-refractivity contribution in [2.45, 2.75) is 26.3 Å². The van der Waals surface area contributed by atoms with E-state index in [9.17, 15) is 9.59 Å². The predicted molar refractivity (Wildman–Crippen MR) is 80.4 cm³/mol. The first kappa shape index (κ1) is 16.7. The molecule has 0 atom stereocenters. The van der Waals surface area contributed by atoms with Crippen LogP contribution in [0, 0.1) is 11.8 Å². The second kappa shape index (κ2) is 7.41. The van der Waals surface area contributed by atoms with Crippen molar-refractivity contribution < 1.29 is 9.59 Å². The Bertz CT molecular complexity index is 579. The Morgan fingerprint density at radius 2 is 2.10 bits per heavy atom. The van der Waals surface area contributed by atoms with E-state index in [1.165, 1.54) is 12.4 Å². The van der Waals surface area contributed by atoms with Crippen LogP contribution >= 0.6 is 0 Å². The third-order valence-corrected chi connectivity index (χ3v) is 2.31. The lowest BCUT2D eigenvalue weighted by Gasteiger charge is -2.20. The maximum absolute atomic E-state index is 12.1. The highest BCUT2D eigenvalue weighted by Crippen LogP contribution is 2.05. The second-order valence-corrected chi connectivity index (χ2v) is 5.41. The first-order valence-electron chi connectivity index (χ1n) is 6.55. The average molecular weight is 288 g/mol. The highest BCUT2D eigenvalue weighted by Gasteiger charge is 2.15. The summed E-state index contributed by atoms with van der Waals surface area (Å²) in [7, 11) is 0. The fourth-order valence-electron chi connectivity index (χ4n) is 1.56. The summed E-state index contributed by atoms with van der Waals surface area (Å²) in [5.41, 5.74) is 5.83. The summed E-state index contributed by atoms with van der Waals surface area (Å²) in [5.74, 6) is 4.83. The highest BCUT2D eigenvalue weighted by atomic mass is 16.2. The quantitative estimate of drug-likeness (QED) is 0.684. The average Bonchev–Trinajstić information content (AvgIpc) is 2.41. The van der Waals surface area contributed by atoms with Crippen LogP contribution in [0.1, 0.15) is 36.7 Å². The number of hydrogen-bond acceptors (Lipinski definition) is 4. The van der Waals surface area contributed by atoms with E-state index in [1.54, 1.807) is 6.07 Å². The highest BCUT2D eigenvalue weighted by molar-refractivity contribution is 5.98. The van der Waals surface area contributed by atoms with Crippen LogP contribution in [0.5, 0.6) is 0 Å². The van der Waals surface area contributed by atoms with Crippen LogP contribution in [0.25, 0.3) is 0 Å². The summed E-state index contributed by atoms with van der Waals surface area (Å²) in [6.45, 7) is 5.72. The lowest BCUT2D eigenvalue weighted by molar-refractivity contribution is -0.121. The van der Waals surface area contributed by atoms with Crippen molar-refractivity contribution in [1.82, 2.24) is 15.6 Å². The summed E-state index contributed by atoms with van der Waals surface area (Å²) in [6.07, 6.45) is 2.99. The summed E-state index contributed by atoms with van der Waals surface area (Å²) in [4.78, 5) is 27.7. The number of amides is 2. The molecule has 112 valence electrons. The minimum Gasteiger partial charge on any atom is -0.350 e. The predicted octanol–water partition coefficient (Wildman–Crippen LogP) is 0.0363. The molecule has 1 rings (SSSR count). The number of aromatic nitrogens is 1. The normalized spacial score (nSPS) is 10.3. The summed E-state index contributed by atoms with van der Waals surface area (Å²) in [5, 5.41) is 5.32. The lowest BCUT2D eigenvalue weighted by atomic mass is 10.1. The Morgan fingerprint density at radius 1 is 1.38 bits per heavy atom. The number of nitrogens with one attached hydrogen (secondary N) is 2. The van der Waals surface area contributed by atoms with Gasteiger partial charge in [-0.15, -0.1) is 0 Å². The third kappa shape index (κ3) is 6.06. The van der Waals surface area contributed by atoms with E-state index in [4.69, 9.17) is 5.73 Å². The molecule has 1 heterocycles. The largest absolute Gasteiger partial charge is 0.350 e. The fourth-order valence-corrected chi connectivity index (χ4v) is 1.56. The van der Waals surface area contributed by atoms with E-state index in [-0.39, 0.29) is 30.4 Å². The van der Waals surface area contributed by atoms with Gasteiger partial charge in [0, 0.05) is 17.9 Å². The van der Waals surface area contributed by atoms with Crippen LogP contribution < -0.4 is 16.4 Å². The molecule has 4 N–H and O–H groups in total. The summed E-state index contributed by atoms with van der Waals surface area (Å²) in [6, 6.07) is 1.55. The van der Waals surface area contributed by atoms with Crippen LogP contribution in [-0.2, 0) is 4.79 Å². The van der Waals surface area contributed by atoms with Gasteiger partial charge < -0.3 is 16.4 Å². The Hall–Kier alpha value is -2.39. The Morgan fingerprint density at radius 3 is 2.71 bits per heavy atom. The van der Waals surface area contributed by atoms with Gasteiger partial charge >= 0.3 is 0 Å². The third-order valence-electron chi connectivity index (χ3n) is 2.31. The Labute approximate surface area is 124 Å². The summed E-state index contributed by atoms with van der Waals surface area (Å²) < 4.78 is 0. The van der Waals surface area contributed by atoms with Crippen molar-refractivity contribution in [3.63, 3.8) is 0 Å². The van der Waals surface area contributed by atoms with Gasteiger partial charge in [-0.25, -0.2) is 0 Å². The van der Waals surface area contributed by atoms with Crippen LogP contribution in [0.2, 0.25) is 0 Å². The van der Waals surface area contributed by atoms with E-state index in [2.05, 4.69) is 27.5 Å². The van der Waals surface area contributed by atoms with Crippen molar-refractivity contribution in [2.24, 2.45) is 5.73 Å². The minimum absolute atomic E-state index is 0.0951. The monoisotopic (exact) mass is 288 g/mol. The molecule has 0 unspecified atom stereocenters. The number of nitrogens with two attached hydrogens (primary N) is 1. The van der Waals surface area contributed by atoms with Crippen molar-refractivity contribution in [2.75, 3.05) is 13.1 Å². The van der Waals surface area contributed by atoms with Crippen molar-refractivity contribution in [3.05, 3.63) is 29.6 Å². The van der Waals surface area contributed by atoms with Gasteiger partial charge in [0.1, 0.15) is 0 Å². The first-order valence-corrected chi connectivity index (χ1v) is 6.55. The molecule has 0 saturated heterocycles. The topological polar surface area (TPSA) is 97.1 Å². The molecule has 1 aromatic heterocycles. The van der Waals surface area contributed by atoms with Gasteiger partial charge in [-0.2, -0.15) is 0 Å². The molecule has 6 heteroatoms. The van der Waals surface area contributed by atoms with Crippen LogP contribution in [0.3, 0.4) is 0 Å². The van der Waals surface area contributed by atoms with E-state index in [0.29, 0.717) is 11.1 Å². The first-order chi connectivity index (χ1) is 9.83. The zero-order valence-corrected chi connectivity index (χ0v) is 12.5. The van der Waals surface area contributed by atoms with Gasteiger partial charge in [0.05, 0.1) is 24.2 Å². The number of nitrogens with zero attached hydrogens (tertiary/aromatic N) is 1. The van der Waals surface area contributed by atoms with E-state index in [0.717, 1.165) is 0 Å². The fraction of sp³-hybridized carbons (Fsp3) is 0.400. The van der Waals surface area contributed by atoms with Gasteiger partial charge in [0.2, 0.25) is 5.91 Å². The molecule has 0 spiro atoms. The number of carbonyl (C=O) groups is 2. The standard InChI is InChI=1S/C15H20N4O2/c1-15(2,3)19-13(20)10-18-14(21)12-6-8-17-9-11(12)5-4-7-16/h6,8-9H,7,10,16H2,1-3H3,(H,18,21)(H,19,20). The number of hydrogen-bond donors (Lipinski definition) is 3. The molecule has 0 aliphatic rings. The van der Waals surface area contributed by atoms with Crippen LogP contribution in [0.15, 0.2) is 18.5 Å². The molecule has 0 fully saturated rings. The number of pyridine rings is 1. The minimum atomic E-state index is -0.372. The van der Waals surface area contributed by atoms with Gasteiger partial charge in [-0.05, 0) is 26.8 Å². The number of carbonyl (C=O) groups excluding carboxylic acids is 2. The summed E-state index contributed by atoms with van der Waals surface area (Å²) >= 11 is 0. The molecule has 1 aromatic rings. The van der Waals surface area contributed by atoms with Crippen LogP contribution in [-0.4, -0.2) is 35.4 Å². The Kier molecular flexibility index (Phi) is 5.88. The van der Waals surface area contributed by atoms with E-state index >= 15 is 0 Å². The molecular formula is C15H20N4O2. The molecule has 21 heavy (non-hydrogen) atoms. The molecule has 0 aliphatic carbocycles. The maximum atomic E-state index is 12.1. The second-order valence-electron chi connectivity index (χ2n) is 5.41. The molecule has 6 nitrogen and oxygen atoms in total. The molecule has 2 amide bonds. The van der Waals surface area contributed by atoms with E-state index < -0.39 is 0 Å². The zero-order chi connectivity index (χ0) is 15.9. The van der Waals surface area contributed by atoms with E-state index in [1.807, 2.05) is 20.8 Å². The van der Waals surface area contributed by atoms with Gasteiger partial charge in [0.15, 0.2) is 0 Å². The van der Waals surface area contributed by atoms with Crippen molar-refractivity contribution in [3.8, 4) is 11.8 Å². The van der Waals surface area contributed by atoms with Crippen molar-refractivity contribution in [1.29, 1.82) is 0 Å². The molecular weight excluding hydrogens is 268 g/mol. The maximum Gasteiger partial charge on any atom is 0.253 e. The molecule has 0 aromatic carbocycles. The lowest BCUT2D eigenvalue weighted by Crippen LogP contribution is -2.45. The molecule has 0 radical (unpaired) electrons. The zero-order valence-electron chi connectivity index (χ0n) is 12.5. The SMILES string of the molecule is CC(C)(C)NC(=O)CNC(=O)c1ccncc1C#CCN. The Balaban J connectivity index is 2.71. The van der Waals surface area contributed by atoms with Gasteiger partial charge in [0.25, 0.3) is 5.91 Å². The smallest absolute Gasteiger partial charge is 0.253 e. The molecule has 0 aliphatic heterocycles. The molecule has 0 bridgehead atoms. The van der Waals surface area contributed by atoms with Gasteiger partial charge in [-0.1, -0.05) is 11.8 Å².